The van der Waals surface area contributed by atoms with E-state index in [9.17, 15) is 8.22 Å². The Hall–Kier alpha value is -7.40. The minimum atomic E-state index is -1.89. The molecule has 7 heterocycles. The van der Waals surface area contributed by atoms with Crippen molar-refractivity contribution in [3.63, 3.8) is 0 Å². The molecule has 7 heteroatoms. The molecule has 0 N–H and O–H groups in total. The van der Waals surface area contributed by atoms with E-state index in [-0.39, 0.29) is 73.0 Å². The number of anilines is 4. The summed E-state index contributed by atoms with van der Waals surface area (Å²) in [6.45, 7) is 15.9. The summed E-state index contributed by atoms with van der Waals surface area (Å²) in [4.78, 5) is 9.25. The van der Waals surface area contributed by atoms with Crippen LogP contribution in [0.25, 0.3) is 61.0 Å². The van der Waals surface area contributed by atoms with Gasteiger partial charge in [-0.3, -0.25) is 0 Å². The third kappa shape index (κ3) is 9.12. The van der Waals surface area contributed by atoms with E-state index in [4.69, 9.17) is 17.2 Å². The van der Waals surface area contributed by atoms with E-state index in [0.717, 1.165) is 44.9 Å². The van der Waals surface area contributed by atoms with Crippen molar-refractivity contribution in [1.29, 1.82) is 0 Å². The summed E-state index contributed by atoms with van der Waals surface area (Å²) in [6.07, 6.45) is -1.96. The Kier molecular flexibility index (Phi) is 10.3. The summed E-state index contributed by atoms with van der Waals surface area (Å²) in [5, 5.41) is 0.751. The van der Waals surface area contributed by atoms with Crippen LogP contribution < -0.4 is 19.3 Å². The van der Waals surface area contributed by atoms with Crippen molar-refractivity contribution in [2.75, 3.05) is 9.80 Å². The number of rotatable bonds is 5. The summed E-state index contributed by atoms with van der Waals surface area (Å²) in [7, 11) is 0. The number of hydrogen-bond donors (Lipinski definition) is 0. The van der Waals surface area contributed by atoms with Crippen molar-refractivity contribution in [2.45, 2.75) is 66.6 Å². The van der Waals surface area contributed by atoms with E-state index < -0.39 is 24.7 Å². The van der Waals surface area contributed by atoms with Crippen molar-refractivity contribution in [3.05, 3.63) is 211 Å². The fourth-order valence-electron chi connectivity index (χ4n) is 9.79. The molecule has 0 radical (unpaired) electrons. The van der Waals surface area contributed by atoms with E-state index in [0.29, 0.717) is 56.1 Å². The van der Waals surface area contributed by atoms with Crippen molar-refractivity contribution >= 4 is 44.6 Å². The summed E-state index contributed by atoms with van der Waals surface area (Å²) in [5.74, 6) is 1.20. The molecular formula is C66H57N4O2Pt-3. The topological polar surface area (TPSA) is 42.8 Å². The zero-order valence-electron chi connectivity index (χ0n) is 49.6. The molecule has 15 rings (SSSR count). The number of pyridine rings is 1. The van der Waals surface area contributed by atoms with Crippen LogP contribution in [-0.2, 0) is 39.2 Å². The predicted octanol–water partition coefficient (Wildman–Crippen LogP) is 17.8. The van der Waals surface area contributed by atoms with Gasteiger partial charge in [0.15, 0.2) is 0 Å². The molecule has 10 aromatic rings. The van der Waals surface area contributed by atoms with Gasteiger partial charge in [-0.2, -0.15) is 6.07 Å². The summed E-state index contributed by atoms with van der Waals surface area (Å²) in [6, 6.07) is 52.5. The minimum Gasteiger partial charge on any atom is -0.509 e. The van der Waals surface area contributed by atoms with Gasteiger partial charge in [0, 0.05) is 83.5 Å². The molecule has 0 amide bonds. The third-order valence-electron chi connectivity index (χ3n) is 13.1. The Labute approximate surface area is 455 Å². The minimum absolute atomic E-state index is 0. The van der Waals surface area contributed by atoms with Gasteiger partial charge in [0.05, 0.1) is 5.48 Å². The van der Waals surface area contributed by atoms with Gasteiger partial charge in [-0.1, -0.05) is 139 Å². The van der Waals surface area contributed by atoms with Crippen molar-refractivity contribution in [2.24, 2.45) is 11.8 Å². The molecule has 0 spiro atoms. The predicted molar refractivity (Wildman–Crippen MR) is 296 cm³/mol. The zero-order valence-corrected chi connectivity index (χ0v) is 43.9. The second-order valence-electron chi connectivity index (χ2n) is 20.1. The van der Waals surface area contributed by atoms with Crippen molar-refractivity contribution < 1.29 is 41.5 Å². The molecule has 73 heavy (non-hydrogen) atoms. The largest absolute Gasteiger partial charge is 0.509 e. The van der Waals surface area contributed by atoms with Gasteiger partial charge in [-0.15, -0.1) is 53.6 Å². The first-order valence-corrected chi connectivity index (χ1v) is 24.5. The van der Waals surface area contributed by atoms with Gasteiger partial charge in [0.2, 0.25) is 0 Å². The van der Waals surface area contributed by atoms with Crippen LogP contribution in [0.1, 0.15) is 76.1 Å². The Bertz CT molecular complexity index is 4100. The van der Waals surface area contributed by atoms with Crippen LogP contribution in [0.3, 0.4) is 0 Å². The normalized spacial score (nSPS) is 14.9. The zero-order chi connectivity index (χ0) is 56.3. The molecule has 8 aromatic carbocycles. The number of fused-ring (bicyclic) bond motifs is 6. The molecule has 0 aliphatic carbocycles. The molecule has 0 atom stereocenters. The molecule has 12 bridgehead atoms. The first-order chi connectivity index (χ1) is 38.1. The summed E-state index contributed by atoms with van der Waals surface area (Å²) in [5.41, 5.74) is 9.92. The van der Waals surface area contributed by atoms with Gasteiger partial charge in [0.25, 0.3) is 0 Å². The Morgan fingerprint density at radius 3 is 1.93 bits per heavy atom. The van der Waals surface area contributed by atoms with E-state index >= 15 is 0 Å². The second-order valence-corrected chi connectivity index (χ2v) is 20.1. The molecule has 5 aliphatic heterocycles. The molecule has 366 valence electrons. The molecule has 6 nitrogen and oxygen atoms in total. The molecular weight excluding hydrogens is 1080 g/mol. The Balaban J connectivity index is 0.00000690. The summed E-state index contributed by atoms with van der Waals surface area (Å²) < 4.78 is 89.2. The number of benzene rings is 8. The van der Waals surface area contributed by atoms with Crippen LogP contribution in [0.2, 0.25) is 0 Å². The third-order valence-corrected chi connectivity index (χ3v) is 13.1. The summed E-state index contributed by atoms with van der Waals surface area (Å²) >= 11 is 0. The monoisotopic (exact) mass is 1140 g/mol. The van der Waals surface area contributed by atoms with Gasteiger partial charge >= 0.3 is 0 Å². The van der Waals surface area contributed by atoms with Crippen LogP contribution >= 0.6 is 0 Å². The average molecular weight is 1140 g/mol. The fourth-order valence-corrected chi connectivity index (χ4v) is 9.79. The van der Waals surface area contributed by atoms with Gasteiger partial charge < -0.3 is 23.8 Å². The molecule has 5 aliphatic rings. The van der Waals surface area contributed by atoms with Crippen molar-refractivity contribution in [1.82, 2.24) is 9.55 Å². The van der Waals surface area contributed by atoms with Gasteiger partial charge in [-0.05, 0) is 124 Å². The average Bonchev–Trinajstić information content (AvgIpc) is 4.24. The Morgan fingerprint density at radius 1 is 0.630 bits per heavy atom. The quantitative estimate of drug-likeness (QED) is 0.161. The van der Waals surface area contributed by atoms with Crippen LogP contribution in [-0.4, -0.2) is 9.55 Å². The van der Waals surface area contributed by atoms with Gasteiger partial charge in [0.1, 0.15) is 17.3 Å². The first kappa shape index (κ1) is 39.2. The van der Waals surface area contributed by atoms with E-state index in [1.165, 1.54) is 0 Å². The number of para-hydroxylation sites is 3. The van der Waals surface area contributed by atoms with Crippen LogP contribution in [0.4, 0.5) is 22.7 Å². The van der Waals surface area contributed by atoms with E-state index in [1.54, 1.807) is 29.0 Å². The molecule has 0 saturated carbocycles. The van der Waals surface area contributed by atoms with Crippen LogP contribution in [0.5, 0.6) is 23.0 Å². The van der Waals surface area contributed by atoms with Crippen LogP contribution in [0, 0.1) is 30.6 Å². The Morgan fingerprint density at radius 2 is 1.26 bits per heavy atom. The molecule has 2 aromatic heterocycles. The smallest absolute Gasteiger partial charge is 0.135 e. The number of nitrogens with zero attached hydrogens (tertiary/aromatic N) is 4. The molecule has 0 unspecified atom stereocenters. The molecule has 0 saturated heterocycles. The van der Waals surface area contributed by atoms with E-state index in [2.05, 4.69) is 79.7 Å². The maximum atomic E-state index is 9.55. The second kappa shape index (κ2) is 19.2. The van der Waals surface area contributed by atoms with E-state index in [1.807, 2.05) is 125 Å². The van der Waals surface area contributed by atoms with Gasteiger partial charge in [-0.25, -0.2) is 4.98 Å². The number of hydrogen-bond acceptors (Lipinski definition) is 5. The standard InChI is InChI=1S/C66H57N4O2.Pt/c1-42(2)31-44-33-57(45-15-9-8-10-16-45)65-58(34-44)46-21-25-51(26-22-46)71-52-27-23-47(24-28-52)59-40-67-64(35-48(59)32-43(3)4)70-60-18-12-11-17-55(60)56-30-29-53(39-63(56)70)72-54-37-49(66(5,6)7)36-50(38-54)68-41-69(65)62-20-14-13-19-61(62)68;/h8-30,33-37,40-43H,31-32H2,1-7H3;/q-3;/i11D,12D,17D,18D,31D2,32D2;. The maximum Gasteiger partial charge on any atom is 0.135 e. The fraction of sp³-hybridized carbons (Fsp3) is 0.182. The maximum absolute atomic E-state index is 9.55. The van der Waals surface area contributed by atoms with Crippen LogP contribution in [0.15, 0.2) is 176 Å². The number of ether oxygens (including phenoxy) is 2. The number of aromatic nitrogens is 2. The molecule has 0 fully saturated rings. The SMILES string of the molecule is [2H]c1c([2H])c([2H])c2c(c1[2H])c1ccc3[c-]c1n2-c1cc(C([2H])([2H])C(C)C)c(cn1)-c1ccc(cc1)Oc1ccc(cc1)-c1cc(C([2H])([2H])C(C)C)cc(-c2ccccc2)c1N1[CH-]N(c2[c-]c(cc(C(C)(C)C)c2)O3)c2ccccc21.[Pt]. The first-order valence-electron chi connectivity index (χ1n) is 28.5. The van der Waals surface area contributed by atoms with Crippen molar-refractivity contribution in [3.8, 4) is 62.2 Å².